The summed E-state index contributed by atoms with van der Waals surface area (Å²) < 4.78 is 5.38. The van der Waals surface area contributed by atoms with Gasteiger partial charge in [0.25, 0.3) is 0 Å². The van der Waals surface area contributed by atoms with E-state index in [-0.39, 0.29) is 12.0 Å². The summed E-state index contributed by atoms with van der Waals surface area (Å²) in [7, 11) is 1.74. The van der Waals surface area contributed by atoms with Crippen LogP contribution in [0.2, 0.25) is 0 Å². The van der Waals surface area contributed by atoms with Crippen LogP contribution < -0.4 is 16.0 Å². The Hall–Kier alpha value is -1.75. The Morgan fingerprint density at radius 2 is 2.26 bits per heavy atom. The number of nitrogen functional groups attached to an aromatic ring is 1. The van der Waals surface area contributed by atoms with E-state index in [1.165, 1.54) is 0 Å². The minimum atomic E-state index is 0.0828. The van der Waals surface area contributed by atoms with Crippen molar-refractivity contribution in [3.05, 3.63) is 17.7 Å². The molecule has 1 atom stereocenters. The molecule has 5 heteroatoms. The highest BCUT2D eigenvalue weighted by atomic mass is 16.5. The average Bonchev–Trinajstić information content (AvgIpc) is 2.87. The van der Waals surface area contributed by atoms with Gasteiger partial charge in [-0.25, -0.2) is 0 Å². The van der Waals surface area contributed by atoms with Gasteiger partial charge in [0.1, 0.15) is 0 Å². The van der Waals surface area contributed by atoms with E-state index in [4.69, 9.17) is 10.5 Å². The van der Waals surface area contributed by atoms with Crippen molar-refractivity contribution in [2.24, 2.45) is 0 Å². The number of methoxy groups -OCH3 is 1. The first-order valence-electron chi connectivity index (χ1n) is 6.67. The predicted molar refractivity (Wildman–Crippen MR) is 75.4 cm³/mol. The molecule has 3 rings (SSSR count). The average molecular weight is 261 g/mol. The summed E-state index contributed by atoms with van der Waals surface area (Å²) >= 11 is 0. The zero-order chi connectivity index (χ0) is 13.4. The van der Waals surface area contributed by atoms with Crippen LogP contribution in [0.3, 0.4) is 0 Å². The molecule has 1 aromatic carbocycles. The summed E-state index contributed by atoms with van der Waals surface area (Å²) in [6.07, 6.45) is 2.59. The molecule has 1 fully saturated rings. The number of aryl methyl sites for hydroxylation is 1. The molecule has 2 heterocycles. The number of nitrogens with one attached hydrogen (secondary N) is 1. The van der Waals surface area contributed by atoms with E-state index in [2.05, 4.69) is 10.2 Å². The van der Waals surface area contributed by atoms with Gasteiger partial charge in [-0.15, -0.1) is 0 Å². The maximum Gasteiger partial charge on any atom is 0.224 e. The van der Waals surface area contributed by atoms with Crippen molar-refractivity contribution in [1.82, 2.24) is 0 Å². The second kappa shape index (κ2) is 4.74. The van der Waals surface area contributed by atoms with Gasteiger partial charge in [-0.2, -0.15) is 0 Å². The van der Waals surface area contributed by atoms with Gasteiger partial charge in [0, 0.05) is 32.3 Å². The van der Waals surface area contributed by atoms with Crippen molar-refractivity contribution in [2.75, 3.05) is 36.1 Å². The van der Waals surface area contributed by atoms with Gasteiger partial charge in [-0.3, -0.25) is 4.79 Å². The van der Waals surface area contributed by atoms with E-state index in [1.54, 1.807) is 7.11 Å². The van der Waals surface area contributed by atoms with E-state index in [0.717, 1.165) is 48.6 Å². The lowest BCUT2D eigenvalue weighted by Crippen LogP contribution is -2.25. The van der Waals surface area contributed by atoms with Gasteiger partial charge in [-0.05, 0) is 30.5 Å². The number of carbonyl (C=O) groups excluding carboxylic acids is 1. The van der Waals surface area contributed by atoms with Gasteiger partial charge in [0.05, 0.1) is 17.5 Å². The van der Waals surface area contributed by atoms with Crippen molar-refractivity contribution in [2.45, 2.75) is 25.4 Å². The molecule has 1 amide bonds. The lowest BCUT2D eigenvalue weighted by Gasteiger charge is -2.24. The maximum atomic E-state index is 11.5. The number of benzene rings is 1. The van der Waals surface area contributed by atoms with Gasteiger partial charge in [-0.1, -0.05) is 0 Å². The Balaban J connectivity index is 1.90. The molecule has 0 saturated carbocycles. The number of rotatable bonds is 2. The number of amides is 1. The summed E-state index contributed by atoms with van der Waals surface area (Å²) in [4.78, 5) is 13.7. The van der Waals surface area contributed by atoms with E-state index < -0.39 is 0 Å². The largest absolute Gasteiger partial charge is 0.397 e. The maximum absolute atomic E-state index is 11.5. The Kier molecular flexibility index (Phi) is 3.06. The van der Waals surface area contributed by atoms with Gasteiger partial charge in [0.15, 0.2) is 0 Å². The van der Waals surface area contributed by atoms with Gasteiger partial charge in [0.2, 0.25) is 5.91 Å². The molecular formula is C14H19N3O2. The number of hydrogen-bond donors (Lipinski definition) is 2. The number of carbonyl (C=O) groups is 1. The number of fused-ring (bicyclic) bond motifs is 1. The molecule has 2 aliphatic rings. The Bertz CT molecular complexity index is 516. The third-order valence-electron chi connectivity index (χ3n) is 3.97. The molecule has 3 N–H and O–H groups in total. The first-order chi connectivity index (χ1) is 9.17. The van der Waals surface area contributed by atoms with E-state index >= 15 is 0 Å². The number of nitrogens with zero attached hydrogens (tertiary/aromatic N) is 1. The predicted octanol–water partition coefficient (Wildman–Crippen LogP) is 1.38. The van der Waals surface area contributed by atoms with Gasteiger partial charge >= 0.3 is 0 Å². The van der Waals surface area contributed by atoms with E-state index in [9.17, 15) is 4.79 Å². The molecular weight excluding hydrogens is 242 g/mol. The molecule has 5 nitrogen and oxygen atoms in total. The standard InChI is InChI=1S/C14H19N3O2/c1-19-10-4-5-17(8-10)13-7-12-9(6-11(13)15)2-3-14(18)16-12/h6-7,10H,2-5,8,15H2,1H3,(H,16,18). The Morgan fingerprint density at radius 3 is 3.00 bits per heavy atom. The molecule has 0 radical (unpaired) electrons. The fourth-order valence-electron chi connectivity index (χ4n) is 2.85. The molecule has 0 aromatic heterocycles. The van der Waals surface area contributed by atoms with Crippen LogP contribution in [0.25, 0.3) is 0 Å². The Labute approximate surface area is 112 Å². The van der Waals surface area contributed by atoms with Crippen LogP contribution >= 0.6 is 0 Å². The minimum absolute atomic E-state index is 0.0828. The zero-order valence-corrected chi connectivity index (χ0v) is 11.1. The van der Waals surface area contributed by atoms with Crippen molar-refractivity contribution < 1.29 is 9.53 Å². The van der Waals surface area contributed by atoms with Crippen LogP contribution in [-0.2, 0) is 16.0 Å². The second-order valence-electron chi connectivity index (χ2n) is 5.21. The fraction of sp³-hybridized carbons (Fsp3) is 0.500. The van der Waals surface area contributed by atoms with E-state index in [1.807, 2.05) is 12.1 Å². The number of nitrogens with two attached hydrogens (primary N) is 1. The second-order valence-corrected chi connectivity index (χ2v) is 5.21. The molecule has 1 aromatic rings. The van der Waals surface area contributed by atoms with Gasteiger partial charge < -0.3 is 20.7 Å². The van der Waals surface area contributed by atoms with Crippen molar-refractivity contribution in [3.8, 4) is 0 Å². The molecule has 1 unspecified atom stereocenters. The highest BCUT2D eigenvalue weighted by molar-refractivity contribution is 5.95. The molecule has 0 aliphatic carbocycles. The SMILES string of the molecule is COC1CCN(c2cc3c(cc2N)CCC(=O)N3)C1. The summed E-state index contributed by atoms with van der Waals surface area (Å²) in [6.45, 7) is 1.79. The van der Waals surface area contributed by atoms with Crippen LogP contribution in [0.5, 0.6) is 0 Å². The lowest BCUT2D eigenvalue weighted by molar-refractivity contribution is -0.116. The summed E-state index contributed by atoms with van der Waals surface area (Å²) in [6, 6.07) is 3.99. The molecule has 0 spiro atoms. The number of ether oxygens (including phenoxy) is 1. The van der Waals surface area contributed by atoms with Crippen molar-refractivity contribution >= 4 is 23.0 Å². The zero-order valence-electron chi connectivity index (χ0n) is 11.1. The molecule has 19 heavy (non-hydrogen) atoms. The third kappa shape index (κ3) is 2.26. The summed E-state index contributed by atoms with van der Waals surface area (Å²) in [5, 5.41) is 2.92. The molecule has 1 saturated heterocycles. The van der Waals surface area contributed by atoms with E-state index in [0.29, 0.717) is 6.42 Å². The Morgan fingerprint density at radius 1 is 1.42 bits per heavy atom. The summed E-state index contributed by atoms with van der Waals surface area (Å²) in [5.74, 6) is 0.0828. The molecule has 102 valence electrons. The smallest absolute Gasteiger partial charge is 0.224 e. The topological polar surface area (TPSA) is 67.6 Å². The summed E-state index contributed by atoms with van der Waals surface area (Å²) in [5.41, 5.74) is 9.97. The van der Waals surface area contributed by atoms with Crippen LogP contribution in [0.4, 0.5) is 17.1 Å². The monoisotopic (exact) mass is 261 g/mol. The van der Waals surface area contributed by atoms with Crippen LogP contribution in [0.15, 0.2) is 12.1 Å². The van der Waals surface area contributed by atoms with Crippen LogP contribution in [0, 0.1) is 0 Å². The number of anilines is 3. The number of hydrogen-bond acceptors (Lipinski definition) is 4. The first kappa shape index (κ1) is 12.3. The fourth-order valence-corrected chi connectivity index (χ4v) is 2.85. The van der Waals surface area contributed by atoms with Crippen LogP contribution in [-0.4, -0.2) is 32.2 Å². The highest BCUT2D eigenvalue weighted by Crippen LogP contribution is 2.35. The minimum Gasteiger partial charge on any atom is -0.397 e. The van der Waals surface area contributed by atoms with Crippen LogP contribution in [0.1, 0.15) is 18.4 Å². The first-order valence-corrected chi connectivity index (χ1v) is 6.67. The van der Waals surface area contributed by atoms with Crippen molar-refractivity contribution in [1.29, 1.82) is 0 Å². The third-order valence-corrected chi connectivity index (χ3v) is 3.97. The normalized spacial score (nSPS) is 22.3. The molecule has 0 bridgehead atoms. The highest BCUT2D eigenvalue weighted by Gasteiger charge is 2.25. The van der Waals surface area contributed by atoms with Crippen molar-refractivity contribution in [3.63, 3.8) is 0 Å². The quantitative estimate of drug-likeness (QED) is 0.789. The lowest BCUT2D eigenvalue weighted by atomic mass is 10.0. The molecule has 2 aliphatic heterocycles.